The first kappa shape index (κ1) is 23.8. The van der Waals surface area contributed by atoms with Crippen molar-refractivity contribution in [2.24, 2.45) is 0 Å². The topological polar surface area (TPSA) is 40.5 Å². The Hall–Kier alpha value is -3.52. The van der Waals surface area contributed by atoms with Crippen LogP contribution >= 0.6 is 0 Å². The maximum Gasteiger partial charge on any atom is 0.122 e. The molecule has 0 aromatic heterocycles. The second-order valence-electron chi connectivity index (χ2n) is 6.61. The van der Waals surface area contributed by atoms with Crippen LogP contribution in [0.2, 0.25) is 0 Å². The van der Waals surface area contributed by atoms with Crippen LogP contribution in [-0.4, -0.2) is 10.2 Å². The van der Waals surface area contributed by atoms with Gasteiger partial charge in [0.15, 0.2) is 0 Å². The van der Waals surface area contributed by atoms with Crippen molar-refractivity contribution in [1.29, 1.82) is 0 Å². The Kier molecular flexibility index (Phi) is 9.90. The van der Waals surface area contributed by atoms with Crippen molar-refractivity contribution < 1.29 is 27.3 Å². The van der Waals surface area contributed by atoms with Crippen LogP contribution in [0.4, 0.5) is 0 Å². The molecule has 3 heteroatoms. The molecular formula is C28H24FeO2. The molecule has 0 saturated heterocycles. The fraction of sp³-hybridized carbons (Fsp3) is 0. The summed E-state index contributed by atoms with van der Waals surface area (Å²) in [6.07, 6.45) is 22.3. The van der Waals surface area contributed by atoms with Crippen LogP contribution in [0, 0.1) is 0 Å². The van der Waals surface area contributed by atoms with E-state index in [9.17, 15) is 10.2 Å². The molecular weight excluding hydrogens is 424 g/mol. The van der Waals surface area contributed by atoms with Crippen molar-refractivity contribution in [1.82, 2.24) is 0 Å². The standard InChI is InChI=1S/2C14H12O.Fe/c2*15-14(13-8-4-5-9-13)11-10-12-6-2-1-3-7-12;/h2*1-11,15H;. The van der Waals surface area contributed by atoms with Gasteiger partial charge in [0.2, 0.25) is 0 Å². The number of benzene rings is 2. The molecule has 2 nitrogen and oxygen atoms in total. The second-order valence-corrected chi connectivity index (χ2v) is 6.61. The van der Waals surface area contributed by atoms with Gasteiger partial charge >= 0.3 is 0 Å². The minimum Gasteiger partial charge on any atom is -0.507 e. The van der Waals surface area contributed by atoms with E-state index in [1.54, 1.807) is 12.2 Å². The molecule has 31 heavy (non-hydrogen) atoms. The normalized spacial score (nSPS) is 13.5. The molecule has 156 valence electrons. The molecule has 0 unspecified atom stereocenters. The number of aliphatic hydroxyl groups excluding tert-OH is 2. The zero-order valence-electron chi connectivity index (χ0n) is 16.9. The van der Waals surface area contributed by atoms with Gasteiger partial charge in [0.05, 0.1) is 0 Å². The molecule has 0 atom stereocenters. The van der Waals surface area contributed by atoms with Gasteiger partial charge < -0.3 is 10.2 Å². The molecule has 0 aliphatic heterocycles. The zero-order valence-corrected chi connectivity index (χ0v) is 18.1. The van der Waals surface area contributed by atoms with Crippen LogP contribution < -0.4 is 0 Å². The summed E-state index contributed by atoms with van der Waals surface area (Å²) >= 11 is 0. The molecule has 0 saturated carbocycles. The molecule has 0 heterocycles. The van der Waals surface area contributed by atoms with Crippen molar-refractivity contribution in [2.45, 2.75) is 0 Å². The molecule has 2 aliphatic rings. The summed E-state index contributed by atoms with van der Waals surface area (Å²) in [4.78, 5) is 0. The predicted molar refractivity (Wildman–Crippen MR) is 127 cm³/mol. The summed E-state index contributed by atoms with van der Waals surface area (Å²) in [6.45, 7) is 0. The van der Waals surface area contributed by atoms with Crippen molar-refractivity contribution in [2.75, 3.05) is 0 Å². The first-order valence-corrected chi connectivity index (χ1v) is 9.74. The fourth-order valence-electron chi connectivity index (χ4n) is 2.76. The Morgan fingerprint density at radius 2 is 0.839 bits per heavy atom. The maximum atomic E-state index is 9.70. The average molecular weight is 448 g/mol. The smallest absolute Gasteiger partial charge is 0.122 e. The third kappa shape index (κ3) is 8.02. The van der Waals surface area contributed by atoms with E-state index in [0.717, 1.165) is 22.3 Å². The van der Waals surface area contributed by atoms with Gasteiger partial charge in [-0.05, 0) is 23.3 Å². The van der Waals surface area contributed by atoms with Gasteiger partial charge in [-0.3, -0.25) is 0 Å². The van der Waals surface area contributed by atoms with Crippen LogP contribution in [0.5, 0.6) is 0 Å². The Labute approximate surface area is 194 Å². The van der Waals surface area contributed by atoms with Crippen molar-refractivity contribution in [3.8, 4) is 0 Å². The van der Waals surface area contributed by atoms with Gasteiger partial charge in [-0.1, -0.05) is 121 Å². The number of allylic oxidation sites excluding steroid dienone is 12. The van der Waals surface area contributed by atoms with E-state index in [1.165, 1.54) is 0 Å². The van der Waals surface area contributed by atoms with Crippen LogP contribution in [0.3, 0.4) is 0 Å². The van der Waals surface area contributed by atoms with E-state index in [4.69, 9.17) is 0 Å². The second kappa shape index (κ2) is 12.9. The summed E-state index contributed by atoms with van der Waals surface area (Å²) in [5.74, 6) is 0.590. The first-order valence-electron chi connectivity index (χ1n) is 9.74. The van der Waals surface area contributed by atoms with Crippen molar-refractivity contribution in [3.05, 3.63) is 155 Å². The van der Waals surface area contributed by atoms with E-state index >= 15 is 0 Å². The van der Waals surface area contributed by atoms with Gasteiger partial charge in [0, 0.05) is 28.2 Å². The van der Waals surface area contributed by atoms with Gasteiger partial charge in [-0.15, -0.1) is 0 Å². The predicted octanol–water partition coefficient (Wildman–Crippen LogP) is 7.27. The largest absolute Gasteiger partial charge is 0.507 e. The van der Waals surface area contributed by atoms with E-state index in [2.05, 4.69) is 0 Å². The van der Waals surface area contributed by atoms with E-state index in [1.807, 2.05) is 121 Å². The van der Waals surface area contributed by atoms with Gasteiger partial charge in [0.1, 0.15) is 11.5 Å². The Balaban J connectivity index is 0.000000213. The summed E-state index contributed by atoms with van der Waals surface area (Å²) < 4.78 is 0. The molecule has 0 radical (unpaired) electrons. The molecule has 0 spiro atoms. The summed E-state index contributed by atoms with van der Waals surface area (Å²) in [7, 11) is 0. The fourth-order valence-corrected chi connectivity index (χ4v) is 2.76. The number of hydrogen-bond donors (Lipinski definition) is 2. The van der Waals surface area contributed by atoms with Crippen molar-refractivity contribution >= 4 is 12.2 Å². The molecule has 0 amide bonds. The van der Waals surface area contributed by atoms with E-state index < -0.39 is 0 Å². The molecule has 4 rings (SSSR count). The van der Waals surface area contributed by atoms with Gasteiger partial charge in [-0.2, -0.15) is 0 Å². The van der Waals surface area contributed by atoms with Crippen LogP contribution in [0.1, 0.15) is 11.1 Å². The maximum absolute atomic E-state index is 9.70. The summed E-state index contributed by atoms with van der Waals surface area (Å²) in [6, 6.07) is 19.8. The molecule has 2 N–H and O–H groups in total. The Morgan fingerprint density at radius 3 is 1.16 bits per heavy atom. The minimum absolute atomic E-state index is 0. The quantitative estimate of drug-likeness (QED) is 0.381. The summed E-state index contributed by atoms with van der Waals surface area (Å²) in [5, 5.41) is 19.4. The van der Waals surface area contributed by atoms with Crippen molar-refractivity contribution in [3.63, 3.8) is 0 Å². The van der Waals surface area contributed by atoms with Crippen LogP contribution in [0.25, 0.3) is 12.2 Å². The third-order valence-electron chi connectivity index (χ3n) is 4.38. The minimum atomic E-state index is 0. The summed E-state index contributed by atoms with van der Waals surface area (Å²) in [5.41, 5.74) is 3.86. The van der Waals surface area contributed by atoms with Crippen LogP contribution in [-0.2, 0) is 17.1 Å². The SMILES string of the molecule is OC(C=Cc1ccccc1)=C1C=CC=C1.OC(C=Cc1ccccc1)=C1C=CC=C1.[Fe]. The number of rotatable bonds is 4. The van der Waals surface area contributed by atoms with E-state index in [0.29, 0.717) is 11.5 Å². The monoisotopic (exact) mass is 448 g/mol. The molecule has 2 aromatic rings. The molecule has 2 aromatic carbocycles. The van der Waals surface area contributed by atoms with Gasteiger partial charge in [0.25, 0.3) is 0 Å². The molecule has 0 fully saturated rings. The van der Waals surface area contributed by atoms with Crippen LogP contribution in [0.15, 0.2) is 144 Å². The Morgan fingerprint density at radius 1 is 0.516 bits per heavy atom. The average Bonchev–Trinajstić information content (AvgIpc) is 3.52. The third-order valence-corrected chi connectivity index (χ3v) is 4.38. The Bertz CT molecular complexity index is 963. The number of hydrogen-bond acceptors (Lipinski definition) is 2. The van der Waals surface area contributed by atoms with E-state index in [-0.39, 0.29) is 17.1 Å². The first-order chi connectivity index (χ1) is 14.7. The number of aliphatic hydroxyl groups is 2. The molecule has 2 aliphatic carbocycles. The molecule has 0 bridgehead atoms. The zero-order chi connectivity index (χ0) is 21.0. The van der Waals surface area contributed by atoms with Gasteiger partial charge in [-0.25, -0.2) is 0 Å².